The Morgan fingerprint density at radius 3 is 2.59 bits per heavy atom. The molecule has 6 nitrogen and oxygen atoms in total. The van der Waals surface area contributed by atoms with E-state index in [1.165, 1.54) is 16.7 Å². The Kier molecular flexibility index (Phi) is 6.39. The van der Waals surface area contributed by atoms with Gasteiger partial charge in [0.2, 0.25) is 11.9 Å². The van der Waals surface area contributed by atoms with Crippen LogP contribution in [-0.2, 0) is 17.8 Å². The summed E-state index contributed by atoms with van der Waals surface area (Å²) >= 11 is 0. The van der Waals surface area contributed by atoms with E-state index in [-0.39, 0.29) is 29.8 Å². The predicted molar refractivity (Wildman–Crippen MR) is 111 cm³/mol. The van der Waals surface area contributed by atoms with E-state index in [0.717, 1.165) is 5.56 Å². The number of halogens is 1. The van der Waals surface area contributed by atoms with Gasteiger partial charge in [0, 0.05) is 24.0 Å². The zero-order valence-electron chi connectivity index (χ0n) is 16.4. The number of benzene rings is 2. The molecule has 2 N–H and O–H groups in total. The Balaban J connectivity index is 1.71. The van der Waals surface area contributed by atoms with Gasteiger partial charge in [-0.2, -0.15) is 0 Å². The highest BCUT2D eigenvalue weighted by atomic mass is 19.1. The zero-order valence-corrected chi connectivity index (χ0v) is 16.4. The fourth-order valence-electron chi connectivity index (χ4n) is 2.91. The molecule has 150 valence electrons. The van der Waals surface area contributed by atoms with E-state index in [4.69, 9.17) is 0 Å². The number of carbonyl (C=O) groups excluding carboxylic acids is 1. The molecule has 0 radical (unpaired) electrons. The van der Waals surface area contributed by atoms with Gasteiger partial charge in [0.05, 0.1) is 0 Å². The highest BCUT2D eigenvalue weighted by Gasteiger charge is 2.12. The SMILES string of the molecule is Cc1cc(=O)n(CC(=O)NCCc2ccccc2)c(Nc2ccc(F)c(C)c2)n1. The Morgan fingerprint density at radius 2 is 1.86 bits per heavy atom. The van der Waals surface area contributed by atoms with Crippen molar-refractivity contribution in [1.29, 1.82) is 0 Å². The van der Waals surface area contributed by atoms with Crippen LogP contribution in [0.1, 0.15) is 16.8 Å². The number of nitrogens with zero attached hydrogens (tertiary/aromatic N) is 2. The number of nitrogens with one attached hydrogen (secondary N) is 2. The molecule has 0 spiro atoms. The average Bonchev–Trinajstić information content (AvgIpc) is 2.68. The van der Waals surface area contributed by atoms with Crippen LogP contribution in [0.25, 0.3) is 0 Å². The quantitative estimate of drug-likeness (QED) is 0.646. The van der Waals surface area contributed by atoms with Gasteiger partial charge in [0.15, 0.2) is 0 Å². The molecule has 1 heterocycles. The summed E-state index contributed by atoms with van der Waals surface area (Å²) in [7, 11) is 0. The van der Waals surface area contributed by atoms with Crippen molar-refractivity contribution in [3.63, 3.8) is 0 Å². The summed E-state index contributed by atoms with van der Waals surface area (Å²) in [6.45, 7) is 3.66. The molecule has 0 atom stereocenters. The number of hydrogen-bond acceptors (Lipinski definition) is 4. The van der Waals surface area contributed by atoms with Crippen molar-refractivity contribution in [2.45, 2.75) is 26.8 Å². The Labute approximate surface area is 168 Å². The summed E-state index contributed by atoms with van der Waals surface area (Å²) in [6, 6.07) is 15.7. The molecule has 0 unspecified atom stereocenters. The van der Waals surface area contributed by atoms with Crippen molar-refractivity contribution in [3.8, 4) is 0 Å². The molecule has 0 aliphatic rings. The molecule has 2 aromatic carbocycles. The summed E-state index contributed by atoms with van der Waals surface area (Å²) in [4.78, 5) is 29.2. The second-order valence-electron chi connectivity index (χ2n) is 6.82. The first-order valence-corrected chi connectivity index (χ1v) is 9.34. The van der Waals surface area contributed by atoms with E-state index >= 15 is 0 Å². The van der Waals surface area contributed by atoms with Gasteiger partial charge < -0.3 is 10.6 Å². The van der Waals surface area contributed by atoms with Crippen LogP contribution in [0.15, 0.2) is 59.4 Å². The maximum atomic E-state index is 13.5. The minimum atomic E-state index is -0.336. The summed E-state index contributed by atoms with van der Waals surface area (Å²) in [5, 5.41) is 5.84. The Morgan fingerprint density at radius 1 is 1.10 bits per heavy atom. The second-order valence-corrected chi connectivity index (χ2v) is 6.82. The van der Waals surface area contributed by atoms with Crippen LogP contribution in [0.4, 0.5) is 16.0 Å². The van der Waals surface area contributed by atoms with Crippen molar-refractivity contribution < 1.29 is 9.18 Å². The highest BCUT2D eigenvalue weighted by molar-refractivity contribution is 5.76. The third-order valence-electron chi connectivity index (χ3n) is 4.43. The molecule has 7 heteroatoms. The third kappa shape index (κ3) is 5.51. The minimum Gasteiger partial charge on any atom is -0.354 e. The van der Waals surface area contributed by atoms with E-state index in [1.54, 1.807) is 26.0 Å². The number of carbonyl (C=O) groups is 1. The van der Waals surface area contributed by atoms with Crippen molar-refractivity contribution in [2.75, 3.05) is 11.9 Å². The zero-order chi connectivity index (χ0) is 20.8. The standard InChI is InChI=1S/C22H23FN4O2/c1-15-12-18(8-9-19(15)23)26-22-25-16(2)13-21(29)27(22)14-20(28)24-11-10-17-6-4-3-5-7-17/h3-9,12-13H,10-11,14H2,1-2H3,(H,24,28)(H,25,26). The number of hydrogen-bond donors (Lipinski definition) is 2. The molecule has 0 aliphatic carbocycles. The van der Waals surface area contributed by atoms with Gasteiger partial charge in [-0.25, -0.2) is 9.37 Å². The van der Waals surface area contributed by atoms with Crippen LogP contribution >= 0.6 is 0 Å². The fourth-order valence-corrected chi connectivity index (χ4v) is 2.91. The van der Waals surface area contributed by atoms with E-state index in [9.17, 15) is 14.0 Å². The van der Waals surface area contributed by atoms with Crippen LogP contribution in [0, 0.1) is 19.7 Å². The monoisotopic (exact) mass is 394 g/mol. The molecular weight excluding hydrogens is 371 g/mol. The van der Waals surface area contributed by atoms with Crippen LogP contribution in [0.3, 0.4) is 0 Å². The molecule has 0 saturated heterocycles. The van der Waals surface area contributed by atoms with Crippen molar-refractivity contribution in [3.05, 3.63) is 87.6 Å². The maximum Gasteiger partial charge on any atom is 0.255 e. The molecule has 1 aromatic heterocycles. The van der Waals surface area contributed by atoms with Crippen LogP contribution < -0.4 is 16.2 Å². The van der Waals surface area contributed by atoms with Crippen molar-refractivity contribution in [1.82, 2.24) is 14.9 Å². The molecule has 3 aromatic rings. The highest BCUT2D eigenvalue weighted by Crippen LogP contribution is 2.17. The summed E-state index contributed by atoms with van der Waals surface area (Å²) in [6.07, 6.45) is 0.702. The minimum absolute atomic E-state index is 0.163. The Hall–Kier alpha value is -3.48. The van der Waals surface area contributed by atoms with Crippen LogP contribution in [0.2, 0.25) is 0 Å². The topological polar surface area (TPSA) is 76.0 Å². The van der Waals surface area contributed by atoms with Gasteiger partial charge in [-0.3, -0.25) is 14.2 Å². The molecule has 1 amide bonds. The molecule has 0 bridgehead atoms. The largest absolute Gasteiger partial charge is 0.354 e. The van der Waals surface area contributed by atoms with E-state index in [2.05, 4.69) is 15.6 Å². The van der Waals surface area contributed by atoms with Crippen LogP contribution in [-0.4, -0.2) is 22.0 Å². The number of aryl methyl sites for hydroxylation is 2. The molecular formula is C22H23FN4O2. The Bertz CT molecular complexity index is 1060. The lowest BCUT2D eigenvalue weighted by Gasteiger charge is -2.14. The average molecular weight is 394 g/mol. The number of amides is 1. The molecule has 0 fully saturated rings. The summed E-state index contributed by atoms with van der Waals surface area (Å²) < 4.78 is 14.8. The predicted octanol–water partition coefficient (Wildman–Crippen LogP) is 3.10. The van der Waals surface area contributed by atoms with Crippen molar-refractivity contribution >= 4 is 17.5 Å². The second kappa shape index (κ2) is 9.14. The van der Waals surface area contributed by atoms with Crippen molar-refractivity contribution in [2.24, 2.45) is 0 Å². The summed E-state index contributed by atoms with van der Waals surface area (Å²) in [5.74, 6) is -0.367. The molecule has 3 rings (SSSR count). The molecule has 0 aliphatic heterocycles. The van der Waals surface area contributed by atoms with E-state index in [1.807, 2.05) is 30.3 Å². The lowest BCUT2D eigenvalue weighted by Crippen LogP contribution is -2.34. The van der Waals surface area contributed by atoms with Crippen LogP contribution in [0.5, 0.6) is 0 Å². The van der Waals surface area contributed by atoms with Gasteiger partial charge in [0.25, 0.3) is 5.56 Å². The first kappa shape index (κ1) is 20.3. The number of aromatic nitrogens is 2. The van der Waals surface area contributed by atoms with Gasteiger partial charge in [-0.05, 0) is 49.6 Å². The molecule has 0 saturated carbocycles. The van der Waals surface area contributed by atoms with Gasteiger partial charge >= 0.3 is 0 Å². The van der Waals surface area contributed by atoms with Gasteiger partial charge in [-0.15, -0.1) is 0 Å². The molecule has 29 heavy (non-hydrogen) atoms. The first-order valence-electron chi connectivity index (χ1n) is 9.34. The number of anilines is 2. The smallest absolute Gasteiger partial charge is 0.255 e. The number of rotatable bonds is 7. The first-order chi connectivity index (χ1) is 13.9. The summed E-state index contributed by atoms with van der Waals surface area (Å²) in [5.41, 5.74) is 2.36. The van der Waals surface area contributed by atoms with E-state index in [0.29, 0.717) is 29.9 Å². The normalized spacial score (nSPS) is 10.6. The van der Waals surface area contributed by atoms with Gasteiger partial charge in [-0.1, -0.05) is 30.3 Å². The lowest BCUT2D eigenvalue weighted by atomic mass is 10.1. The third-order valence-corrected chi connectivity index (χ3v) is 4.43. The van der Waals surface area contributed by atoms with Gasteiger partial charge in [0.1, 0.15) is 12.4 Å². The fraction of sp³-hybridized carbons (Fsp3) is 0.227. The maximum absolute atomic E-state index is 13.5. The van der Waals surface area contributed by atoms with E-state index < -0.39 is 0 Å². The lowest BCUT2D eigenvalue weighted by molar-refractivity contribution is -0.121.